The maximum atomic E-state index is 12.3. The molecule has 3 nitrogen and oxygen atoms in total. The highest BCUT2D eigenvalue weighted by Gasteiger charge is 2.30. The number of aromatic nitrogens is 2. The van der Waals surface area contributed by atoms with E-state index in [2.05, 4.69) is 9.97 Å². The molecule has 90 valence electrons. The monoisotopic (exact) mass is 249 g/mol. The second kappa shape index (κ2) is 4.45. The van der Waals surface area contributed by atoms with Crippen LogP contribution in [-0.2, 0) is 6.18 Å². The van der Waals surface area contributed by atoms with E-state index in [-0.39, 0.29) is 0 Å². The van der Waals surface area contributed by atoms with Gasteiger partial charge in [0.25, 0.3) is 0 Å². The summed E-state index contributed by atoms with van der Waals surface area (Å²) in [6.45, 7) is 0. The van der Waals surface area contributed by atoms with Gasteiger partial charge in [-0.2, -0.15) is 18.4 Å². The first-order valence-corrected chi connectivity index (χ1v) is 4.89. The quantitative estimate of drug-likeness (QED) is 0.780. The van der Waals surface area contributed by atoms with E-state index < -0.39 is 11.7 Å². The van der Waals surface area contributed by atoms with Gasteiger partial charge in [0.2, 0.25) is 0 Å². The van der Waals surface area contributed by atoms with Gasteiger partial charge in [-0.15, -0.1) is 0 Å². The van der Waals surface area contributed by atoms with Crippen molar-refractivity contribution in [3.63, 3.8) is 0 Å². The molecule has 0 aliphatic rings. The lowest BCUT2D eigenvalue weighted by atomic mass is 10.1. The van der Waals surface area contributed by atoms with Crippen LogP contribution in [0.15, 0.2) is 36.8 Å². The summed E-state index contributed by atoms with van der Waals surface area (Å²) in [5.74, 6) is 0. The molecule has 0 unspecified atom stereocenters. The van der Waals surface area contributed by atoms with E-state index in [1.54, 1.807) is 0 Å². The summed E-state index contributed by atoms with van der Waals surface area (Å²) in [6.07, 6.45) is -0.837. The largest absolute Gasteiger partial charge is 0.417 e. The summed E-state index contributed by atoms with van der Waals surface area (Å²) in [7, 11) is 0. The van der Waals surface area contributed by atoms with Crippen molar-refractivity contribution in [3.05, 3.63) is 47.9 Å². The van der Waals surface area contributed by atoms with Gasteiger partial charge in [0.1, 0.15) is 6.07 Å². The van der Waals surface area contributed by atoms with Crippen LogP contribution in [0.5, 0.6) is 0 Å². The van der Waals surface area contributed by atoms with Crippen molar-refractivity contribution >= 4 is 0 Å². The topological polar surface area (TPSA) is 49.6 Å². The highest BCUT2D eigenvalue weighted by Crippen LogP contribution is 2.29. The van der Waals surface area contributed by atoms with Crippen LogP contribution in [0.4, 0.5) is 13.2 Å². The second-order valence-electron chi connectivity index (χ2n) is 3.50. The lowest BCUT2D eigenvalue weighted by Gasteiger charge is -2.06. The maximum Gasteiger partial charge on any atom is 0.417 e. The van der Waals surface area contributed by atoms with Crippen molar-refractivity contribution in [2.24, 2.45) is 0 Å². The van der Waals surface area contributed by atoms with Crippen molar-refractivity contribution in [1.82, 2.24) is 9.97 Å². The van der Waals surface area contributed by atoms with Gasteiger partial charge in [0.05, 0.1) is 16.8 Å². The maximum absolute atomic E-state index is 12.3. The molecule has 2 heterocycles. The summed E-state index contributed by atoms with van der Waals surface area (Å²) in [5, 5.41) is 8.70. The molecule has 2 rings (SSSR count). The Hall–Kier alpha value is -2.42. The normalized spacial score (nSPS) is 11.0. The van der Waals surface area contributed by atoms with Crippen LogP contribution in [0.1, 0.15) is 11.1 Å². The highest BCUT2D eigenvalue weighted by atomic mass is 19.4. The third-order valence-corrected chi connectivity index (χ3v) is 2.25. The summed E-state index contributed by atoms with van der Waals surface area (Å²) in [4.78, 5) is 7.54. The van der Waals surface area contributed by atoms with Crippen molar-refractivity contribution in [2.45, 2.75) is 6.18 Å². The Balaban J connectivity index is 2.38. The lowest BCUT2D eigenvalue weighted by molar-refractivity contribution is -0.137. The Morgan fingerprint density at radius 2 is 1.89 bits per heavy atom. The SMILES string of the molecule is N#Cc1cncc(-c2ccc(C(F)(F)F)cn2)c1. The predicted octanol–water partition coefficient (Wildman–Crippen LogP) is 3.03. The number of halogens is 3. The minimum Gasteiger partial charge on any atom is -0.263 e. The van der Waals surface area contributed by atoms with Crippen molar-refractivity contribution < 1.29 is 13.2 Å². The number of pyridine rings is 2. The fraction of sp³-hybridized carbons (Fsp3) is 0.0833. The van der Waals surface area contributed by atoms with Crippen molar-refractivity contribution in [2.75, 3.05) is 0 Å². The number of alkyl halides is 3. The molecule has 2 aromatic heterocycles. The molecule has 0 amide bonds. The number of nitrogens with zero attached hydrogens (tertiary/aromatic N) is 3. The van der Waals surface area contributed by atoms with Crippen LogP contribution in [0.2, 0.25) is 0 Å². The molecule has 0 aromatic carbocycles. The summed E-state index contributed by atoms with van der Waals surface area (Å²) < 4.78 is 37.0. The molecular formula is C12H6F3N3. The lowest BCUT2D eigenvalue weighted by Crippen LogP contribution is -2.05. The molecule has 0 N–H and O–H groups in total. The predicted molar refractivity (Wildman–Crippen MR) is 57.2 cm³/mol. The van der Waals surface area contributed by atoms with Gasteiger partial charge in [-0.1, -0.05) is 0 Å². The fourth-order valence-electron chi connectivity index (χ4n) is 1.37. The van der Waals surface area contributed by atoms with Crippen LogP contribution < -0.4 is 0 Å². The molecule has 0 radical (unpaired) electrons. The van der Waals surface area contributed by atoms with Crippen molar-refractivity contribution in [3.8, 4) is 17.3 Å². The zero-order valence-corrected chi connectivity index (χ0v) is 8.94. The second-order valence-corrected chi connectivity index (χ2v) is 3.50. The molecule has 0 fully saturated rings. The Kier molecular flexibility index (Phi) is 2.98. The molecule has 0 saturated carbocycles. The molecule has 0 saturated heterocycles. The number of hydrogen-bond acceptors (Lipinski definition) is 3. The van der Waals surface area contributed by atoms with Crippen LogP contribution in [0.3, 0.4) is 0 Å². The van der Waals surface area contributed by atoms with Gasteiger partial charge >= 0.3 is 6.18 Å². The smallest absolute Gasteiger partial charge is 0.263 e. The van der Waals surface area contributed by atoms with E-state index in [0.29, 0.717) is 16.8 Å². The first-order valence-electron chi connectivity index (χ1n) is 4.89. The molecule has 0 atom stereocenters. The molecule has 0 spiro atoms. The summed E-state index contributed by atoms with van der Waals surface area (Å²) in [6, 6.07) is 5.62. The molecule has 0 aliphatic heterocycles. The Labute approximate surface area is 101 Å². The molecule has 0 aliphatic carbocycles. The van der Waals surface area contributed by atoms with E-state index in [0.717, 1.165) is 12.3 Å². The van der Waals surface area contributed by atoms with Gasteiger partial charge in [-0.05, 0) is 18.2 Å². The number of nitriles is 1. The van der Waals surface area contributed by atoms with E-state index in [1.165, 1.54) is 24.5 Å². The average molecular weight is 249 g/mol. The minimum absolute atomic E-state index is 0.328. The minimum atomic E-state index is -4.40. The van der Waals surface area contributed by atoms with Crippen molar-refractivity contribution in [1.29, 1.82) is 5.26 Å². The Morgan fingerprint density at radius 1 is 1.11 bits per heavy atom. The molecule has 18 heavy (non-hydrogen) atoms. The highest BCUT2D eigenvalue weighted by molar-refractivity contribution is 5.59. The Morgan fingerprint density at radius 3 is 2.44 bits per heavy atom. The van der Waals surface area contributed by atoms with Gasteiger partial charge in [0, 0.05) is 24.2 Å². The van der Waals surface area contributed by atoms with Crippen LogP contribution in [0.25, 0.3) is 11.3 Å². The Bertz CT molecular complexity index is 597. The van der Waals surface area contributed by atoms with Gasteiger partial charge < -0.3 is 0 Å². The van der Waals surface area contributed by atoms with E-state index in [1.807, 2.05) is 6.07 Å². The molecule has 2 aromatic rings. The van der Waals surface area contributed by atoms with Crippen LogP contribution in [-0.4, -0.2) is 9.97 Å². The first-order chi connectivity index (χ1) is 8.50. The zero-order chi connectivity index (χ0) is 13.2. The fourth-order valence-corrected chi connectivity index (χ4v) is 1.37. The molecular weight excluding hydrogens is 243 g/mol. The third kappa shape index (κ3) is 2.46. The zero-order valence-electron chi connectivity index (χ0n) is 8.94. The van der Waals surface area contributed by atoms with Gasteiger partial charge in [-0.25, -0.2) is 0 Å². The van der Waals surface area contributed by atoms with E-state index >= 15 is 0 Å². The molecule has 0 bridgehead atoms. The average Bonchev–Trinajstić information content (AvgIpc) is 2.38. The number of hydrogen-bond donors (Lipinski definition) is 0. The summed E-state index contributed by atoms with van der Waals surface area (Å²) >= 11 is 0. The van der Waals surface area contributed by atoms with Crippen LogP contribution >= 0.6 is 0 Å². The van der Waals surface area contributed by atoms with E-state index in [4.69, 9.17) is 5.26 Å². The van der Waals surface area contributed by atoms with Gasteiger partial charge in [0.15, 0.2) is 0 Å². The van der Waals surface area contributed by atoms with Gasteiger partial charge in [-0.3, -0.25) is 9.97 Å². The van der Waals surface area contributed by atoms with Crippen LogP contribution in [0, 0.1) is 11.3 Å². The molecule has 6 heteroatoms. The summed E-state index contributed by atoms with van der Waals surface area (Å²) in [5.41, 5.74) is 0.361. The third-order valence-electron chi connectivity index (χ3n) is 2.25. The standard InChI is InChI=1S/C12H6F3N3/c13-12(14,15)10-1-2-11(18-7-10)9-3-8(4-16)5-17-6-9/h1-3,5-7H. The number of rotatable bonds is 1. The van der Waals surface area contributed by atoms with E-state index in [9.17, 15) is 13.2 Å². The first kappa shape index (κ1) is 12.0.